The van der Waals surface area contributed by atoms with Crippen LogP contribution in [0.5, 0.6) is 0 Å². The second kappa shape index (κ2) is 9.45. The van der Waals surface area contributed by atoms with Gasteiger partial charge in [-0.15, -0.1) is 0 Å². The molecule has 0 saturated carbocycles. The summed E-state index contributed by atoms with van der Waals surface area (Å²) in [6.07, 6.45) is 0.168. The number of carbonyl (C=O) groups is 4. The lowest BCUT2D eigenvalue weighted by molar-refractivity contribution is -0.156. The zero-order valence-electron chi connectivity index (χ0n) is 13.2. The minimum Gasteiger partial charge on any atom is -0.480 e. The predicted molar refractivity (Wildman–Crippen MR) is 82.5 cm³/mol. The van der Waals surface area contributed by atoms with Gasteiger partial charge < -0.3 is 15.1 Å². The van der Waals surface area contributed by atoms with Crippen molar-refractivity contribution in [3.05, 3.63) is 0 Å². The van der Waals surface area contributed by atoms with Crippen molar-refractivity contribution >= 4 is 34.7 Å². The number of carbonyl (C=O) groups excluding carboxylic acids is 2. The molecule has 0 rings (SSSR count). The van der Waals surface area contributed by atoms with Crippen LogP contribution in [-0.2, 0) is 19.2 Å². The van der Waals surface area contributed by atoms with Crippen LogP contribution in [0.4, 0.5) is 0 Å². The van der Waals surface area contributed by atoms with Gasteiger partial charge in [0.1, 0.15) is 12.6 Å². The molecule has 0 aromatic carbocycles. The Morgan fingerprint density at radius 1 is 1.09 bits per heavy atom. The van der Waals surface area contributed by atoms with Gasteiger partial charge in [0, 0.05) is 18.6 Å². The molecule has 0 fully saturated rings. The van der Waals surface area contributed by atoms with Crippen molar-refractivity contribution in [3.63, 3.8) is 0 Å². The molecule has 7 nitrogen and oxygen atoms in total. The van der Waals surface area contributed by atoms with E-state index in [1.807, 2.05) is 0 Å². The normalized spacial score (nSPS) is 13.5. The highest BCUT2D eigenvalue weighted by Crippen LogP contribution is 2.18. The van der Waals surface area contributed by atoms with Gasteiger partial charge in [-0.1, -0.05) is 32.5 Å². The summed E-state index contributed by atoms with van der Waals surface area (Å²) in [6.45, 7) is 5.86. The molecule has 0 aromatic rings. The van der Waals surface area contributed by atoms with Gasteiger partial charge in [-0.2, -0.15) is 0 Å². The van der Waals surface area contributed by atoms with Crippen molar-refractivity contribution in [1.82, 2.24) is 4.90 Å². The molecule has 1 amide bonds. The van der Waals surface area contributed by atoms with Crippen LogP contribution in [0.25, 0.3) is 0 Å². The van der Waals surface area contributed by atoms with E-state index in [0.717, 1.165) is 16.7 Å². The summed E-state index contributed by atoms with van der Waals surface area (Å²) in [5.41, 5.74) is 0. The maximum Gasteiger partial charge on any atom is 0.326 e. The van der Waals surface area contributed by atoms with Crippen LogP contribution in [0, 0.1) is 11.8 Å². The average molecular weight is 333 g/mol. The zero-order chi connectivity index (χ0) is 17.4. The largest absolute Gasteiger partial charge is 0.480 e. The lowest BCUT2D eigenvalue weighted by Crippen LogP contribution is -2.50. The highest BCUT2D eigenvalue weighted by molar-refractivity contribution is 8.13. The Morgan fingerprint density at radius 3 is 2.00 bits per heavy atom. The third kappa shape index (κ3) is 7.44. The fourth-order valence-corrected chi connectivity index (χ4v) is 2.52. The first-order valence-corrected chi connectivity index (χ1v) is 7.93. The summed E-state index contributed by atoms with van der Waals surface area (Å²) < 4.78 is 0. The fourth-order valence-electron chi connectivity index (χ4n) is 1.89. The molecule has 0 aliphatic rings. The summed E-state index contributed by atoms with van der Waals surface area (Å²) in [4.78, 5) is 46.6. The number of aliphatic carboxylic acids is 2. The SMILES string of the molecule is CC(=O)SCC(C)C(=O)N(CC(=O)O)[C@@H](CC(C)C)C(=O)O. The first-order valence-electron chi connectivity index (χ1n) is 6.94. The van der Waals surface area contributed by atoms with Gasteiger partial charge in [-0.3, -0.25) is 14.4 Å². The molecule has 22 heavy (non-hydrogen) atoms. The fraction of sp³-hybridized carbons (Fsp3) is 0.714. The molecular weight excluding hydrogens is 310 g/mol. The van der Waals surface area contributed by atoms with Gasteiger partial charge >= 0.3 is 11.9 Å². The third-order valence-corrected chi connectivity index (χ3v) is 3.98. The third-order valence-electron chi connectivity index (χ3n) is 2.90. The first kappa shape index (κ1) is 20.4. The van der Waals surface area contributed by atoms with E-state index in [0.29, 0.717) is 0 Å². The van der Waals surface area contributed by atoms with Crippen molar-refractivity contribution in [2.24, 2.45) is 11.8 Å². The molecule has 0 aromatic heterocycles. The maximum absolute atomic E-state index is 12.4. The Bertz CT molecular complexity index is 437. The molecule has 0 bridgehead atoms. The van der Waals surface area contributed by atoms with Crippen LogP contribution in [0.2, 0.25) is 0 Å². The smallest absolute Gasteiger partial charge is 0.326 e. The topological polar surface area (TPSA) is 112 Å². The van der Waals surface area contributed by atoms with Crippen molar-refractivity contribution in [2.75, 3.05) is 12.3 Å². The Kier molecular flexibility index (Phi) is 8.77. The molecule has 0 heterocycles. The molecule has 126 valence electrons. The summed E-state index contributed by atoms with van der Waals surface area (Å²) in [6, 6.07) is -1.19. The second-order valence-electron chi connectivity index (χ2n) is 5.55. The van der Waals surface area contributed by atoms with Crippen LogP contribution < -0.4 is 0 Å². The number of nitrogens with zero attached hydrogens (tertiary/aromatic N) is 1. The van der Waals surface area contributed by atoms with Gasteiger partial charge in [0.05, 0.1) is 0 Å². The van der Waals surface area contributed by atoms with Crippen LogP contribution in [-0.4, -0.2) is 56.4 Å². The van der Waals surface area contributed by atoms with Crippen LogP contribution in [0.1, 0.15) is 34.1 Å². The minimum atomic E-state index is -1.27. The molecule has 0 spiro atoms. The Morgan fingerprint density at radius 2 is 1.64 bits per heavy atom. The van der Waals surface area contributed by atoms with Gasteiger partial charge in [-0.05, 0) is 12.3 Å². The van der Waals surface area contributed by atoms with Gasteiger partial charge in [-0.25, -0.2) is 4.79 Å². The van der Waals surface area contributed by atoms with E-state index in [-0.39, 0.29) is 23.2 Å². The molecule has 1 unspecified atom stereocenters. The lowest BCUT2D eigenvalue weighted by Gasteiger charge is -2.30. The minimum absolute atomic E-state index is 0.00732. The van der Waals surface area contributed by atoms with Crippen molar-refractivity contribution in [2.45, 2.75) is 40.2 Å². The van der Waals surface area contributed by atoms with Crippen molar-refractivity contribution < 1.29 is 29.4 Å². The second-order valence-corrected chi connectivity index (χ2v) is 6.74. The maximum atomic E-state index is 12.4. The van der Waals surface area contributed by atoms with E-state index in [1.165, 1.54) is 6.92 Å². The van der Waals surface area contributed by atoms with Crippen LogP contribution >= 0.6 is 11.8 Å². The Hall–Kier alpha value is -1.57. The monoisotopic (exact) mass is 333 g/mol. The Labute approximate surface area is 134 Å². The highest BCUT2D eigenvalue weighted by Gasteiger charge is 2.34. The van der Waals surface area contributed by atoms with Crippen molar-refractivity contribution in [1.29, 1.82) is 0 Å². The molecular formula is C14H23NO6S. The molecule has 0 aliphatic carbocycles. The first-order chi connectivity index (χ1) is 10.1. The number of rotatable bonds is 9. The average Bonchev–Trinajstić information content (AvgIpc) is 2.38. The number of hydrogen-bond donors (Lipinski definition) is 2. The predicted octanol–water partition coefficient (Wildman–Crippen LogP) is 1.31. The number of hydrogen-bond acceptors (Lipinski definition) is 5. The molecule has 2 atom stereocenters. The standard InChI is InChI=1S/C14H23NO6S/c1-8(2)5-11(14(20)21)15(6-12(17)18)13(19)9(3)7-22-10(4)16/h8-9,11H,5-7H2,1-4H3,(H,17,18)(H,20,21)/t9?,11-/m0/s1. The van der Waals surface area contributed by atoms with E-state index in [1.54, 1.807) is 20.8 Å². The van der Waals surface area contributed by atoms with E-state index in [4.69, 9.17) is 5.11 Å². The van der Waals surface area contributed by atoms with Crippen LogP contribution in [0.15, 0.2) is 0 Å². The highest BCUT2D eigenvalue weighted by atomic mass is 32.2. The zero-order valence-corrected chi connectivity index (χ0v) is 14.1. The summed E-state index contributed by atoms with van der Waals surface area (Å²) in [7, 11) is 0. The molecule has 8 heteroatoms. The van der Waals surface area contributed by atoms with E-state index < -0.39 is 36.4 Å². The number of carboxylic acids is 2. The number of thioether (sulfide) groups is 1. The number of carboxylic acid groups (broad SMARTS) is 2. The summed E-state index contributed by atoms with van der Waals surface area (Å²) in [5.74, 6) is -3.51. The summed E-state index contributed by atoms with van der Waals surface area (Å²) in [5, 5.41) is 18.1. The van der Waals surface area contributed by atoms with Crippen LogP contribution in [0.3, 0.4) is 0 Å². The van der Waals surface area contributed by atoms with Gasteiger partial charge in [0.2, 0.25) is 5.91 Å². The number of amides is 1. The molecule has 0 aliphatic heterocycles. The lowest BCUT2D eigenvalue weighted by atomic mass is 10.0. The van der Waals surface area contributed by atoms with E-state index in [9.17, 15) is 24.3 Å². The molecule has 0 radical (unpaired) electrons. The molecule has 0 saturated heterocycles. The van der Waals surface area contributed by atoms with Crippen molar-refractivity contribution in [3.8, 4) is 0 Å². The van der Waals surface area contributed by atoms with Gasteiger partial charge in [0.25, 0.3) is 0 Å². The van der Waals surface area contributed by atoms with E-state index >= 15 is 0 Å². The Balaban J connectivity index is 5.22. The van der Waals surface area contributed by atoms with E-state index in [2.05, 4.69) is 0 Å². The quantitative estimate of drug-likeness (QED) is 0.654. The summed E-state index contributed by atoms with van der Waals surface area (Å²) >= 11 is 0.957. The van der Waals surface area contributed by atoms with Gasteiger partial charge in [0.15, 0.2) is 5.12 Å². The molecule has 2 N–H and O–H groups in total.